The number of aromatic carboxylic acids is 1. The lowest BCUT2D eigenvalue weighted by Crippen LogP contribution is -2.53. The number of anilines is 1. The standard InChI is InChI=1S/C16H24N2O2/c1-12-5-6-14(13(11-12)15(19)20)17-7-9-18(10-8-17)16(2,3)4/h5-6,11H,7-10H2,1-4H3,(H,19,20). The lowest BCUT2D eigenvalue weighted by atomic mass is 10.0. The van der Waals surface area contributed by atoms with E-state index in [1.54, 1.807) is 6.07 Å². The summed E-state index contributed by atoms with van der Waals surface area (Å²) in [7, 11) is 0. The zero-order chi connectivity index (χ0) is 14.9. The van der Waals surface area contributed by atoms with Crippen LogP contribution in [0.5, 0.6) is 0 Å². The number of carboxylic acids is 1. The molecule has 1 aliphatic rings. The van der Waals surface area contributed by atoms with Gasteiger partial charge < -0.3 is 10.0 Å². The van der Waals surface area contributed by atoms with Crippen molar-refractivity contribution in [2.75, 3.05) is 31.1 Å². The molecule has 1 saturated heterocycles. The molecule has 1 aromatic rings. The highest BCUT2D eigenvalue weighted by Gasteiger charge is 2.27. The maximum absolute atomic E-state index is 11.4. The second kappa shape index (κ2) is 5.44. The number of hydrogen-bond acceptors (Lipinski definition) is 3. The van der Waals surface area contributed by atoms with Crippen LogP contribution in [-0.4, -0.2) is 47.7 Å². The van der Waals surface area contributed by atoms with E-state index in [2.05, 4.69) is 30.6 Å². The Morgan fingerprint density at radius 3 is 2.25 bits per heavy atom. The van der Waals surface area contributed by atoms with Gasteiger partial charge in [0.05, 0.1) is 11.3 Å². The summed E-state index contributed by atoms with van der Waals surface area (Å²) in [6.07, 6.45) is 0. The molecule has 110 valence electrons. The third-order valence-corrected chi connectivity index (χ3v) is 3.95. The van der Waals surface area contributed by atoms with Gasteiger partial charge in [-0.3, -0.25) is 4.90 Å². The predicted molar refractivity (Wildman–Crippen MR) is 81.7 cm³/mol. The highest BCUT2D eigenvalue weighted by Crippen LogP contribution is 2.25. The maximum atomic E-state index is 11.4. The van der Waals surface area contributed by atoms with E-state index in [1.807, 2.05) is 19.1 Å². The summed E-state index contributed by atoms with van der Waals surface area (Å²) in [6, 6.07) is 5.68. The molecule has 0 amide bonds. The van der Waals surface area contributed by atoms with Crippen molar-refractivity contribution in [2.45, 2.75) is 33.2 Å². The monoisotopic (exact) mass is 276 g/mol. The number of carbonyl (C=O) groups is 1. The van der Waals surface area contributed by atoms with Gasteiger partial charge in [-0.25, -0.2) is 4.79 Å². The van der Waals surface area contributed by atoms with Gasteiger partial charge in [-0.15, -0.1) is 0 Å². The number of benzene rings is 1. The predicted octanol–water partition coefficient (Wildman–Crippen LogP) is 2.61. The van der Waals surface area contributed by atoms with Crippen LogP contribution in [0.4, 0.5) is 5.69 Å². The van der Waals surface area contributed by atoms with Gasteiger partial charge in [-0.05, 0) is 39.8 Å². The van der Waals surface area contributed by atoms with Crippen LogP contribution in [0, 0.1) is 6.92 Å². The molecule has 2 rings (SSSR count). The van der Waals surface area contributed by atoms with E-state index in [0.717, 1.165) is 37.4 Å². The van der Waals surface area contributed by atoms with Crippen molar-refractivity contribution in [3.05, 3.63) is 29.3 Å². The number of hydrogen-bond donors (Lipinski definition) is 1. The van der Waals surface area contributed by atoms with Crippen LogP contribution in [-0.2, 0) is 0 Å². The van der Waals surface area contributed by atoms with Gasteiger partial charge in [-0.2, -0.15) is 0 Å². The van der Waals surface area contributed by atoms with E-state index in [9.17, 15) is 9.90 Å². The number of piperazine rings is 1. The third kappa shape index (κ3) is 3.12. The summed E-state index contributed by atoms with van der Waals surface area (Å²) in [6.45, 7) is 12.3. The van der Waals surface area contributed by atoms with E-state index in [0.29, 0.717) is 5.56 Å². The maximum Gasteiger partial charge on any atom is 0.337 e. The molecule has 0 unspecified atom stereocenters. The van der Waals surface area contributed by atoms with Crippen LogP contribution >= 0.6 is 0 Å². The number of nitrogens with zero attached hydrogens (tertiary/aromatic N) is 2. The molecule has 0 spiro atoms. The Bertz CT molecular complexity index is 498. The molecule has 1 aromatic carbocycles. The summed E-state index contributed by atoms with van der Waals surface area (Å²) in [4.78, 5) is 16.0. The first-order valence-electron chi connectivity index (χ1n) is 7.13. The van der Waals surface area contributed by atoms with Crippen LogP contribution < -0.4 is 4.90 Å². The van der Waals surface area contributed by atoms with Crippen LogP contribution in [0.1, 0.15) is 36.7 Å². The Kier molecular flexibility index (Phi) is 4.04. The van der Waals surface area contributed by atoms with E-state index < -0.39 is 5.97 Å². The first-order valence-corrected chi connectivity index (χ1v) is 7.13. The van der Waals surface area contributed by atoms with Gasteiger partial charge in [0.1, 0.15) is 0 Å². The zero-order valence-corrected chi connectivity index (χ0v) is 12.8. The fraction of sp³-hybridized carbons (Fsp3) is 0.562. The first kappa shape index (κ1) is 14.9. The second-order valence-corrected chi connectivity index (χ2v) is 6.47. The molecule has 4 heteroatoms. The first-order chi connectivity index (χ1) is 9.29. The molecule has 1 fully saturated rings. The molecule has 1 N–H and O–H groups in total. The highest BCUT2D eigenvalue weighted by molar-refractivity contribution is 5.94. The molecule has 1 heterocycles. The lowest BCUT2D eigenvalue weighted by molar-refractivity contribution is 0.0696. The van der Waals surface area contributed by atoms with Crippen LogP contribution in [0.3, 0.4) is 0 Å². The van der Waals surface area contributed by atoms with E-state index in [1.165, 1.54) is 0 Å². The van der Waals surface area contributed by atoms with E-state index in [-0.39, 0.29) is 5.54 Å². The Morgan fingerprint density at radius 1 is 1.15 bits per heavy atom. The average molecular weight is 276 g/mol. The minimum atomic E-state index is -0.845. The van der Waals surface area contributed by atoms with Gasteiger partial charge in [0.2, 0.25) is 0 Å². The van der Waals surface area contributed by atoms with E-state index in [4.69, 9.17) is 0 Å². The normalized spacial score (nSPS) is 17.3. The smallest absolute Gasteiger partial charge is 0.337 e. The van der Waals surface area contributed by atoms with Crippen molar-refractivity contribution in [1.82, 2.24) is 4.90 Å². The van der Waals surface area contributed by atoms with Gasteiger partial charge in [0.15, 0.2) is 0 Å². The minimum absolute atomic E-state index is 0.176. The van der Waals surface area contributed by atoms with Crippen molar-refractivity contribution in [2.24, 2.45) is 0 Å². The fourth-order valence-electron chi connectivity index (χ4n) is 2.72. The Morgan fingerprint density at radius 2 is 1.75 bits per heavy atom. The van der Waals surface area contributed by atoms with Gasteiger partial charge in [0.25, 0.3) is 0 Å². The Balaban J connectivity index is 2.17. The highest BCUT2D eigenvalue weighted by atomic mass is 16.4. The largest absolute Gasteiger partial charge is 0.478 e. The van der Waals surface area contributed by atoms with Crippen molar-refractivity contribution < 1.29 is 9.90 Å². The summed E-state index contributed by atoms with van der Waals surface area (Å²) in [5.41, 5.74) is 2.42. The van der Waals surface area contributed by atoms with Crippen molar-refractivity contribution >= 4 is 11.7 Å². The molecule has 1 aliphatic heterocycles. The second-order valence-electron chi connectivity index (χ2n) is 6.47. The minimum Gasteiger partial charge on any atom is -0.478 e. The molecule has 4 nitrogen and oxygen atoms in total. The molecule has 20 heavy (non-hydrogen) atoms. The molecule has 0 atom stereocenters. The fourth-order valence-corrected chi connectivity index (χ4v) is 2.72. The summed E-state index contributed by atoms with van der Waals surface area (Å²) in [5, 5.41) is 9.36. The number of aryl methyl sites for hydroxylation is 1. The zero-order valence-electron chi connectivity index (χ0n) is 12.8. The summed E-state index contributed by atoms with van der Waals surface area (Å²) in [5.74, 6) is -0.845. The number of carboxylic acid groups (broad SMARTS) is 1. The van der Waals surface area contributed by atoms with Gasteiger partial charge >= 0.3 is 5.97 Å². The van der Waals surface area contributed by atoms with Crippen molar-refractivity contribution in [1.29, 1.82) is 0 Å². The molecular weight excluding hydrogens is 252 g/mol. The summed E-state index contributed by atoms with van der Waals surface area (Å²) >= 11 is 0. The van der Waals surface area contributed by atoms with Crippen LogP contribution in [0.25, 0.3) is 0 Å². The average Bonchev–Trinajstić information content (AvgIpc) is 2.37. The van der Waals surface area contributed by atoms with Crippen molar-refractivity contribution in [3.63, 3.8) is 0 Å². The lowest BCUT2D eigenvalue weighted by Gasteiger charge is -2.43. The molecular formula is C16H24N2O2. The Labute approximate surface area is 121 Å². The molecule has 0 aromatic heterocycles. The van der Waals surface area contributed by atoms with E-state index >= 15 is 0 Å². The van der Waals surface area contributed by atoms with Crippen molar-refractivity contribution in [3.8, 4) is 0 Å². The molecule has 0 bridgehead atoms. The molecule has 0 saturated carbocycles. The Hall–Kier alpha value is -1.55. The number of rotatable bonds is 2. The quantitative estimate of drug-likeness (QED) is 0.902. The molecule has 0 aliphatic carbocycles. The molecule has 0 radical (unpaired) electrons. The van der Waals surface area contributed by atoms with Crippen LogP contribution in [0.2, 0.25) is 0 Å². The topological polar surface area (TPSA) is 43.8 Å². The van der Waals surface area contributed by atoms with Crippen LogP contribution in [0.15, 0.2) is 18.2 Å². The third-order valence-electron chi connectivity index (χ3n) is 3.95. The van der Waals surface area contributed by atoms with Gasteiger partial charge in [-0.1, -0.05) is 11.6 Å². The van der Waals surface area contributed by atoms with Gasteiger partial charge in [0, 0.05) is 31.7 Å². The summed E-state index contributed by atoms with van der Waals surface area (Å²) < 4.78 is 0. The SMILES string of the molecule is Cc1ccc(N2CCN(C(C)(C)C)CC2)c(C(=O)O)c1.